The molecule has 6 nitrogen and oxygen atoms in total. The fourth-order valence-electron chi connectivity index (χ4n) is 3.04. The van der Waals surface area contributed by atoms with Crippen molar-refractivity contribution in [2.75, 3.05) is 26.3 Å². The third-order valence-electron chi connectivity index (χ3n) is 4.57. The molecule has 1 saturated heterocycles. The number of benzene rings is 1. The first-order valence-corrected chi connectivity index (χ1v) is 9.00. The zero-order valence-electron chi connectivity index (χ0n) is 14.7. The molecule has 0 bridgehead atoms. The number of nitrogens with one attached hydrogen (secondary N) is 3. The second-order valence-electron chi connectivity index (χ2n) is 6.35. The highest BCUT2D eigenvalue weighted by Crippen LogP contribution is 2.35. The van der Waals surface area contributed by atoms with E-state index in [1.165, 1.54) is 0 Å². The van der Waals surface area contributed by atoms with Gasteiger partial charge in [-0.25, -0.2) is 4.79 Å². The first kappa shape index (κ1) is 19.5. The Morgan fingerprint density at radius 2 is 2.00 bits per heavy atom. The van der Waals surface area contributed by atoms with Gasteiger partial charge in [-0.1, -0.05) is 23.7 Å². The van der Waals surface area contributed by atoms with Gasteiger partial charge in [0.15, 0.2) is 0 Å². The Morgan fingerprint density at radius 3 is 2.64 bits per heavy atom. The lowest BCUT2D eigenvalue weighted by molar-refractivity contribution is -0.122. The number of ether oxygens (including phenoxy) is 1. The number of halogens is 1. The number of likely N-dealkylation sites (N-methyl/N-ethyl adjacent to an activating group) is 1. The average molecular weight is 368 g/mol. The fourth-order valence-corrected chi connectivity index (χ4v) is 3.23. The largest absolute Gasteiger partial charge is 0.381 e. The zero-order chi connectivity index (χ0) is 18.3. The molecular weight excluding hydrogens is 342 g/mol. The molecule has 2 rings (SSSR count). The molecule has 1 aliphatic rings. The van der Waals surface area contributed by atoms with Gasteiger partial charge in [-0.15, -0.1) is 0 Å². The Kier molecular flexibility index (Phi) is 7.08. The predicted octanol–water partition coefficient (Wildman–Crippen LogP) is 2.21. The Labute approximate surface area is 153 Å². The summed E-state index contributed by atoms with van der Waals surface area (Å²) in [6.45, 7) is 5.78. The number of hydrogen-bond acceptors (Lipinski definition) is 3. The molecule has 0 spiro atoms. The van der Waals surface area contributed by atoms with Crippen molar-refractivity contribution in [3.8, 4) is 0 Å². The molecule has 3 amide bonds. The van der Waals surface area contributed by atoms with Crippen molar-refractivity contribution in [1.29, 1.82) is 0 Å². The summed E-state index contributed by atoms with van der Waals surface area (Å²) in [6.07, 6.45) is 1.61. The molecule has 0 saturated carbocycles. The number of carbonyl (C=O) groups is 2. The quantitative estimate of drug-likeness (QED) is 0.721. The van der Waals surface area contributed by atoms with Crippen LogP contribution in [0.1, 0.15) is 32.3 Å². The zero-order valence-corrected chi connectivity index (χ0v) is 15.5. The maximum atomic E-state index is 12.2. The van der Waals surface area contributed by atoms with Crippen molar-refractivity contribution >= 4 is 23.5 Å². The second-order valence-corrected chi connectivity index (χ2v) is 6.78. The van der Waals surface area contributed by atoms with E-state index in [2.05, 4.69) is 16.0 Å². The van der Waals surface area contributed by atoms with Crippen LogP contribution in [0.25, 0.3) is 0 Å². The van der Waals surface area contributed by atoms with Crippen molar-refractivity contribution in [2.24, 2.45) is 0 Å². The van der Waals surface area contributed by atoms with Gasteiger partial charge in [0.2, 0.25) is 5.91 Å². The highest BCUT2D eigenvalue weighted by molar-refractivity contribution is 6.30. The summed E-state index contributed by atoms with van der Waals surface area (Å²) in [6, 6.07) is 6.80. The van der Waals surface area contributed by atoms with E-state index in [9.17, 15) is 9.59 Å². The average Bonchev–Trinajstić information content (AvgIpc) is 2.61. The third kappa shape index (κ3) is 5.34. The summed E-state index contributed by atoms with van der Waals surface area (Å²) in [7, 11) is 0. The molecule has 138 valence electrons. The van der Waals surface area contributed by atoms with E-state index in [0.717, 1.165) is 18.4 Å². The monoisotopic (exact) mass is 367 g/mol. The van der Waals surface area contributed by atoms with E-state index in [-0.39, 0.29) is 17.4 Å². The van der Waals surface area contributed by atoms with Crippen LogP contribution in [-0.4, -0.2) is 44.3 Å². The molecule has 1 atom stereocenters. The van der Waals surface area contributed by atoms with Crippen molar-refractivity contribution in [1.82, 2.24) is 16.0 Å². The van der Waals surface area contributed by atoms with Crippen LogP contribution in [0.3, 0.4) is 0 Å². The maximum Gasteiger partial charge on any atom is 0.315 e. The minimum Gasteiger partial charge on any atom is -0.381 e. The van der Waals surface area contributed by atoms with Gasteiger partial charge in [0, 0.05) is 36.7 Å². The Hall–Kier alpha value is -1.79. The number of hydrogen-bond donors (Lipinski definition) is 3. The summed E-state index contributed by atoms with van der Waals surface area (Å²) in [4.78, 5) is 23.9. The predicted molar refractivity (Wildman–Crippen MR) is 97.9 cm³/mol. The first-order valence-electron chi connectivity index (χ1n) is 8.63. The Bertz CT molecular complexity index is 603. The minimum atomic E-state index is -0.586. The number of carbonyl (C=O) groups excluding carboxylic acids is 2. The van der Waals surface area contributed by atoms with E-state index in [0.29, 0.717) is 31.3 Å². The molecule has 0 aromatic heterocycles. The van der Waals surface area contributed by atoms with Crippen LogP contribution in [0.5, 0.6) is 0 Å². The van der Waals surface area contributed by atoms with Crippen LogP contribution in [0.15, 0.2) is 24.3 Å². The lowest BCUT2D eigenvalue weighted by Gasteiger charge is -2.38. The number of urea groups is 1. The number of rotatable bonds is 6. The topological polar surface area (TPSA) is 79.5 Å². The van der Waals surface area contributed by atoms with Crippen molar-refractivity contribution in [2.45, 2.75) is 38.1 Å². The minimum absolute atomic E-state index is 0.201. The van der Waals surface area contributed by atoms with Crippen molar-refractivity contribution in [3.05, 3.63) is 34.9 Å². The summed E-state index contributed by atoms with van der Waals surface area (Å²) < 4.78 is 5.49. The normalized spacial score (nSPS) is 17.4. The van der Waals surface area contributed by atoms with Gasteiger partial charge < -0.3 is 20.7 Å². The molecule has 1 aromatic carbocycles. The van der Waals surface area contributed by atoms with Crippen LogP contribution in [0, 0.1) is 0 Å². The van der Waals surface area contributed by atoms with Gasteiger partial charge in [0.05, 0.1) is 0 Å². The van der Waals surface area contributed by atoms with Crippen LogP contribution in [0.4, 0.5) is 4.79 Å². The van der Waals surface area contributed by atoms with Crippen LogP contribution < -0.4 is 16.0 Å². The molecule has 1 aromatic rings. The highest BCUT2D eigenvalue weighted by Gasteiger charge is 2.35. The summed E-state index contributed by atoms with van der Waals surface area (Å²) in [5.41, 5.74) is 0.885. The Morgan fingerprint density at radius 1 is 1.28 bits per heavy atom. The second kappa shape index (κ2) is 9.06. The van der Waals surface area contributed by atoms with E-state index in [1.54, 1.807) is 6.92 Å². The molecular formula is C18H26ClN3O3. The first-order chi connectivity index (χ1) is 12.0. The van der Waals surface area contributed by atoms with E-state index >= 15 is 0 Å². The summed E-state index contributed by atoms with van der Waals surface area (Å²) in [5.74, 6) is -0.201. The van der Waals surface area contributed by atoms with Crippen molar-refractivity contribution in [3.63, 3.8) is 0 Å². The van der Waals surface area contributed by atoms with Crippen LogP contribution >= 0.6 is 11.6 Å². The lowest BCUT2D eigenvalue weighted by Crippen LogP contribution is -2.52. The fraction of sp³-hybridized carbons (Fsp3) is 0.556. The van der Waals surface area contributed by atoms with Crippen LogP contribution in [-0.2, 0) is 14.9 Å². The van der Waals surface area contributed by atoms with Gasteiger partial charge >= 0.3 is 6.03 Å². The third-order valence-corrected chi connectivity index (χ3v) is 4.80. The SMILES string of the molecule is CCNC(=O)C(C)NC(=O)NCC1(c2cccc(Cl)c2)CCOCC1. The number of amides is 3. The van der Waals surface area contributed by atoms with Gasteiger partial charge in [-0.3, -0.25) is 4.79 Å². The molecule has 3 N–H and O–H groups in total. The van der Waals surface area contributed by atoms with Gasteiger partial charge in [0.25, 0.3) is 0 Å². The standard InChI is InChI=1S/C18H26ClN3O3/c1-3-20-16(23)13(2)22-17(24)21-12-18(7-9-25-10-8-18)14-5-4-6-15(19)11-14/h4-6,11,13H,3,7-10,12H2,1-2H3,(H,20,23)(H2,21,22,24). The molecule has 25 heavy (non-hydrogen) atoms. The van der Waals surface area contributed by atoms with E-state index in [4.69, 9.17) is 16.3 Å². The van der Waals surface area contributed by atoms with Gasteiger partial charge in [-0.2, -0.15) is 0 Å². The molecule has 0 radical (unpaired) electrons. The smallest absolute Gasteiger partial charge is 0.315 e. The molecule has 1 fully saturated rings. The maximum absolute atomic E-state index is 12.2. The van der Waals surface area contributed by atoms with E-state index in [1.807, 2.05) is 31.2 Å². The molecule has 1 heterocycles. The van der Waals surface area contributed by atoms with Crippen molar-refractivity contribution < 1.29 is 14.3 Å². The lowest BCUT2D eigenvalue weighted by atomic mass is 9.74. The van der Waals surface area contributed by atoms with Crippen LogP contribution in [0.2, 0.25) is 5.02 Å². The Balaban J connectivity index is 2.01. The van der Waals surface area contributed by atoms with Gasteiger partial charge in [0.1, 0.15) is 6.04 Å². The summed E-state index contributed by atoms with van der Waals surface area (Å²) >= 11 is 6.15. The molecule has 7 heteroatoms. The highest BCUT2D eigenvalue weighted by atomic mass is 35.5. The molecule has 0 aliphatic carbocycles. The van der Waals surface area contributed by atoms with E-state index < -0.39 is 6.04 Å². The molecule has 1 aliphatic heterocycles. The summed E-state index contributed by atoms with van der Waals surface area (Å²) in [5, 5.41) is 8.94. The van der Waals surface area contributed by atoms with Gasteiger partial charge in [-0.05, 0) is 44.4 Å². The molecule has 1 unspecified atom stereocenters.